The molecule has 2 heterocycles. The normalized spacial score (nSPS) is 14.1. The molecule has 0 aliphatic carbocycles. The molecule has 1 amide bonds. The lowest BCUT2D eigenvalue weighted by Gasteiger charge is -2.20. The second-order valence-electron chi connectivity index (χ2n) is 6.13. The quantitative estimate of drug-likeness (QED) is 0.748. The maximum atomic E-state index is 12.5. The lowest BCUT2D eigenvalue weighted by molar-refractivity contribution is -0.116. The number of carbonyl (C=O) groups excluding carboxylic acids is 1. The smallest absolute Gasteiger partial charge is 0.246 e. The van der Waals surface area contributed by atoms with Crippen LogP contribution in [0.4, 0.5) is 11.4 Å². The summed E-state index contributed by atoms with van der Waals surface area (Å²) in [5.74, 6) is 1.79. The van der Waals surface area contributed by atoms with Gasteiger partial charge < -0.3 is 24.5 Å². The highest BCUT2D eigenvalue weighted by Crippen LogP contribution is 2.32. The van der Waals surface area contributed by atoms with Gasteiger partial charge in [-0.3, -0.25) is 4.79 Å². The van der Waals surface area contributed by atoms with Crippen molar-refractivity contribution in [1.82, 2.24) is 4.98 Å². The van der Waals surface area contributed by atoms with Crippen molar-refractivity contribution in [2.45, 2.75) is 19.9 Å². The lowest BCUT2D eigenvalue weighted by atomic mass is 10.2. The van der Waals surface area contributed by atoms with Gasteiger partial charge in [-0.1, -0.05) is 0 Å². The largest absolute Gasteiger partial charge is 0.486 e. The lowest BCUT2D eigenvalue weighted by Crippen LogP contribution is -2.31. The van der Waals surface area contributed by atoms with Crippen LogP contribution in [0.3, 0.4) is 0 Å². The van der Waals surface area contributed by atoms with E-state index >= 15 is 0 Å². The van der Waals surface area contributed by atoms with Gasteiger partial charge in [0.25, 0.3) is 0 Å². The van der Waals surface area contributed by atoms with Crippen molar-refractivity contribution in [3.05, 3.63) is 42.3 Å². The molecule has 4 rings (SSSR count). The number of hydrogen-bond donors (Lipinski definition) is 2. The average Bonchev–Trinajstić information content (AvgIpc) is 3.01. The molecule has 0 bridgehead atoms. The van der Waals surface area contributed by atoms with Crippen LogP contribution in [0.1, 0.15) is 12.8 Å². The molecule has 0 fully saturated rings. The first-order valence-electron chi connectivity index (χ1n) is 8.43. The Morgan fingerprint density at radius 1 is 1.08 bits per heavy atom. The van der Waals surface area contributed by atoms with Crippen LogP contribution in [0.15, 0.2) is 40.8 Å². The minimum atomic E-state index is -0.436. The molecule has 7 nitrogen and oxygen atoms in total. The molecular formula is C19H19N3O4. The number of oxazole rings is 1. The SMILES string of the molecule is Cc1nc2cc(NC(C)C(=O)Nc3ccc4c(c3)OCCO4)ccc2o1. The third kappa shape index (κ3) is 3.28. The van der Waals surface area contributed by atoms with Crippen molar-refractivity contribution < 1.29 is 18.7 Å². The van der Waals surface area contributed by atoms with Gasteiger partial charge in [0.2, 0.25) is 5.91 Å². The third-order valence-electron chi connectivity index (χ3n) is 4.08. The van der Waals surface area contributed by atoms with Crippen molar-refractivity contribution in [3.63, 3.8) is 0 Å². The van der Waals surface area contributed by atoms with Gasteiger partial charge in [0.05, 0.1) is 0 Å². The maximum absolute atomic E-state index is 12.5. The van der Waals surface area contributed by atoms with E-state index in [9.17, 15) is 4.79 Å². The Morgan fingerprint density at radius 3 is 2.69 bits per heavy atom. The zero-order valence-corrected chi connectivity index (χ0v) is 14.5. The van der Waals surface area contributed by atoms with Gasteiger partial charge in [0.1, 0.15) is 24.8 Å². The number of nitrogens with one attached hydrogen (secondary N) is 2. The van der Waals surface area contributed by atoms with E-state index in [0.717, 1.165) is 16.8 Å². The fourth-order valence-electron chi connectivity index (χ4n) is 2.82. The summed E-state index contributed by atoms with van der Waals surface area (Å²) in [6.45, 7) is 4.64. The van der Waals surface area contributed by atoms with E-state index in [1.54, 1.807) is 32.0 Å². The number of aromatic nitrogens is 1. The van der Waals surface area contributed by atoms with Gasteiger partial charge in [-0.2, -0.15) is 0 Å². The molecule has 134 valence electrons. The van der Waals surface area contributed by atoms with Crippen LogP contribution in [0.25, 0.3) is 11.1 Å². The van der Waals surface area contributed by atoms with Crippen molar-refractivity contribution in [3.8, 4) is 11.5 Å². The number of nitrogens with zero attached hydrogens (tertiary/aromatic N) is 1. The van der Waals surface area contributed by atoms with Crippen LogP contribution >= 0.6 is 0 Å². The highest BCUT2D eigenvalue weighted by molar-refractivity contribution is 5.96. The topological polar surface area (TPSA) is 85.6 Å². The molecular weight excluding hydrogens is 334 g/mol. The summed E-state index contributed by atoms with van der Waals surface area (Å²) in [6.07, 6.45) is 0. The Labute approximate surface area is 150 Å². The summed E-state index contributed by atoms with van der Waals surface area (Å²) in [6, 6.07) is 10.5. The van der Waals surface area contributed by atoms with Crippen LogP contribution in [0.5, 0.6) is 11.5 Å². The molecule has 2 N–H and O–H groups in total. The summed E-state index contributed by atoms with van der Waals surface area (Å²) in [4.78, 5) is 16.8. The molecule has 1 atom stereocenters. The fourth-order valence-corrected chi connectivity index (χ4v) is 2.82. The van der Waals surface area contributed by atoms with Crippen LogP contribution in [0.2, 0.25) is 0 Å². The standard InChI is InChI=1S/C19H19N3O4/c1-11(20-13-3-5-16-15(9-13)21-12(2)26-16)19(23)22-14-4-6-17-18(10-14)25-8-7-24-17/h3-6,9-11,20H,7-8H2,1-2H3,(H,22,23). The zero-order valence-electron chi connectivity index (χ0n) is 14.5. The highest BCUT2D eigenvalue weighted by atomic mass is 16.6. The van der Waals surface area contributed by atoms with E-state index in [0.29, 0.717) is 36.3 Å². The number of benzene rings is 2. The number of hydrogen-bond acceptors (Lipinski definition) is 6. The number of carbonyl (C=O) groups is 1. The van der Waals surface area contributed by atoms with Gasteiger partial charge in [-0.05, 0) is 37.3 Å². The van der Waals surface area contributed by atoms with E-state index in [-0.39, 0.29) is 5.91 Å². The van der Waals surface area contributed by atoms with E-state index < -0.39 is 6.04 Å². The van der Waals surface area contributed by atoms with E-state index in [1.807, 2.05) is 18.2 Å². The Hall–Kier alpha value is -3.22. The summed E-state index contributed by atoms with van der Waals surface area (Å²) in [5, 5.41) is 6.06. The Bertz CT molecular complexity index is 967. The number of fused-ring (bicyclic) bond motifs is 2. The van der Waals surface area contributed by atoms with Gasteiger partial charge >= 0.3 is 0 Å². The molecule has 0 saturated carbocycles. The van der Waals surface area contributed by atoms with Crippen LogP contribution in [-0.2, 0) is 4.79 Å². The van der Waals surface area contributed by atoms with E-state index in [1.165, 1.54) is 0 Å². The van der Waals surface area contributed by atoms with Crippen LogP contribution < -0.4 is 20.1 Å². The number of anilines is 2. The molecule has 1 aliphatic heterocycles. The molecule has 0 radical (unpaired) electrons. The number of ether oxygens (including phenoxy) is 2. The molecule has 1 unspecified atom stereocenters. The molecule has 2 aromatic carbocycles. The zero-order chi connectivity index (χ0) is 18.1. The van der Waals surface area contributed by atoms with Crippen molar-refractivity contribution in [2.24, 2.45) is 0 Å². The highest BCUT2D eigenvalue weighted by Gasteiger charge is 2.16. The summed E-state index contributed by atoms with van der Waals surface area (Å²) >= 11 is 0. The Balaban J connectivity index is 1.43. The van der Waals surface area contributed by atoms with E-state index in [4.69, 9.17) is 13.9 Å². The van der Waals surface area contributed by atoms with Crippen molar-refractivity contribution >= 4 is 28.4 Å². The molecule has 26 heavy (non-hydrogen) atoms. The number of aryl methyl sites for hydroxylation is 1. The predicted octanol–water partition coefficient (Wildman–Crippen LogP) is 3.35. The van der Waals surface area contributed by atoms with Crippen LogP contribution in [0, 0.1) is 6.92 Å². The van der Waals surface area contributed by atoms with Gasteiger partial charge in [-0.25, -0.2) is 4.98 Å². The summed E-state index contributed by atoms with van der Waals surface area (Å²) < 4.78 is 16.5. The monoisotopic (exact) mass is 353 g/mol. The number of amides is 1. The molecule has 0 saturated heterocycles. The molecule has 0 spiro atoms. The maximum Gasteiger partial charge on any atom is 0.246 e. The molecule has 1 aromatic heterocycles. The van der Waals surface area contributed by atoms with Crippen LogP contribution in [-0.4, -0.2) is 30.1 Å². The minimum absolute atomic E-state index is 0.155. The number of rotatable bonds is 4. The van der Waals surface area contributed by atoms with Gasteiger partial charge in [0.15, 0.2) is 23.0 Å². The second kappa shape index (κ2) is 6.59. The fraction of sp³-hybridized carbons (Fsp3) is 0.263. The third-order valence-corrected chi connectivity index (χ3v) is 4.08. The Morgan fingerprint density at radius 2 is 1.85 bits per heavy atom. The minimum Gasteiger partial charge on any atom is -0.486 e. The second-order valence-corrected chi connectivity index (χ2v) is 6.13. The first-order chi connectivity index (χ1) is 12.6. The van der Waals surface area contributed by atoms with E-state index in [2.05, 4.69) is 15.6 Å². The summed E-state index contributed by atoms with van der Waals surface area (Å²) in [5.41, 5.74) is 2.94. The molecule has 1 aliphatic rings. The van der Waals surface area contributed by atoms with Gasteiger partial charge in [-0.15, -0.1) is 0 Å². The molecule has 7 heteroatoms. The average molecular weight is 353 g/mol. The summed E-state index contributed by atoms with van der Waals surface area (Å²) in [7, 11) is 0. The first-order valence-corrected chi connectivity index (χ1v) is 8.43. The Kier molecular flexibility index (Phi) is 4.12. The van der Waals surface area contributed by atoms with Crippen molar-refractivity contribution in [1.29, 1.82) is 0 Å². The van der Waals surface area contributed by atoms with Gasteiger partial charge in [0, 0.05) is 24.4 Å². The molecule has 3 aromatic rings. The predicted molar refractivity (Wildman–Crippen MR) is 97.9 cm³/mol. The first kappa shape index (κ1) is 16.3. The van der Waals surface area contributed by atoms with Crippen molar-refractivity contribution in [2.75, 3.05) is 23.8 Å².